The lowest BCUT2D eigenvalue weighted by molar-refractivity contribution is -0.130. The Labute approximate surface area is 116 Å². The number of ether oxygens (including phenoxy) is 1. The molecule has 2 saturated heterocycles. The first kappa shape index (κ1) is 14.8. The second-order valence-electron chi connectivity index (χ2n) is 5.96. The maximum absolute atomic E-state index is 12.1. The summed E-state index contributed by atoms with van der Waals surface area (Å²) in [5.41, 5.74) is 0. The van der Waals surface area contributed by atoms with Gasteiger partial charge >= 0.3 is 0 Å². The molecule has 0 aromatic heterocycles. The first-order valence-corrected chi connectivity index (χ1v) is 7.38. The maximum Gasteiger partial charge on any atom is 0.223 e. The second-order valence-corrected chi connectivity index (χ2v) is 5.96. The van der Waals surface area contributed by atoms with Crippen LogP contribution in [0.4, 0.5) is 0 Å². The van der Waals surface area contributed by atoms with Gasteiger partial charge in [-0.05, 0) is 26.4 Å². The van der Waals surface area contributed by atoms with E-state index in [0.29, 0.717) is 18.2 Å². The van der Waals surface area contributed by atoms with Crippen molar-refractivity contribution in [1.82, 2.24) is 14.7 Å². The van der Waals surface area contributed by atoms with E-state index in [1.165, 1.54) is 6.42 Å². The molecule has 0 saturated carbocycles. The Bertz CT molecular complexity index is 290. The molecule has 2 fully saturated rings. The Morgan fingerprint density at radius 3 is 2.84 bits per heavy atom. The molecule has 0 N–H and O–H groups in total. The number of nitrogens with zero attached hydrogens (tertiary/aromatic N) is 3. The van der Waals surface area contributed by atoms with Crippen molar-refractivity contribution in [3.8, 4) is 0 Å². The van der Waals surface area contributed by atoms with Crippen LogP contribution in [0.5, 0.6) is 0 Å². The zero-order valence-corrected chi connectivity index (χ0v) is 12.3. The predicted octanol–water partition coefficient (Wildman–Crippen LogP) is 0.119. The van der Waals surface area contributed by atoms with E-state index in [2.05, 4.69) is 23.9 Å². The molecular formula is C14H27N3O2. The SMILES string of the molecule is CN(C)CCN1CCN(C[C@H]2CCOC2)CCC1=O. The minimum atomic E-state index is 0.312. The van der Waals surface area contributed by atoms with E-state index in [9.17, 15) is 4.79 Å². The van der Waals surface area contributed by atoms with Gasteiger partial charge in [0, 0.05) is 52.3 Å². The van der Waals surface area contributed by atoms with Crippen LogP contribution in [0.25, 0.3) is 0 Å². The number of amides is 1. The van der Waals surface area contributed by atoms with Crippen LogP contribution in [-0.4, -0.2) is 87.2 Å². The Morgan fingerprint density at radius 1 is 1.32 bits per heavy atom. The molecule has 2 heterocycles. The monoisotopic (exact) mass is 269 g/mol. The number of carbonyl (C=O) groups is 1. The minimum absolute atomic E-state index is 0.312. The Morgan fingerprint density at radius 2 is 2.16 bits per heavy atom. The largest absolute Gasteiger partial charge is 0.381 e. The molecule has 0 unspecified atom stereocenters. The van der Waals surface area contributed by atoms with Crippen molar-refractivity contribution in [2.24, 2.45) is 5.92 Å². The van der Waals surface area contributed by atoms with Crippen LogP contribution >= 0.6 is 0 Å². The molecule has 0 aromatic rings. The average Bonchev–Trinajstić information content (AvgIpc) is 2.81. The summed E-state index contributed by atoms with van der Waals surface area (Å²) < 4.78 is 5.43. The lowest BCUT2D eigenvalue weighted by Gasteiger charge is -2.24. The molecule has 0 aliphatic carbocycles. The van der Waals surface area contributed by atoms with Gasteiger partial charge in [0.25, 0.3) is 0 Å². The molecule has 2 aliphatic heterocycles. The molecule has 1 atom stereocenters. The molecule has 0 aromatic carbocycles. The van der Waals surface area contributed by atoms with Crippen LogP contribution in [-0.2, 0) is 9.53 Å². The Kier molecular flexibility index (Phi) is 5.60. The summed E-state index contributed by atoms with van der Waals surface area (Å²) in [5, 5.41) is 0. The van der Waals surface area contributed by atoms with Gasteiger partial charge in [-0.3, -0.25) is 4.79 Å². The highest BCUT2D eigenvalue weighted by atomic mass is 16.5. The van der Waals surface area contributed by atoms with Crippen LogP contribution in [0.3, 0.4) is 0 Å². The van der Waals surface area contributed by atoms with Gasteiger partial charge in [-0.15, -0.1) is 0 Å². The fourth-order valence-electron chi connectivity index (χ4n) is 2.74. The first-order chi connectivity index (χ1) is 9.15. The van der Waals surface area contributed by atoms with Gasteiger partial charge in [0.15, 0.2) is 0 Å². The first-order valence-electron chi connectivity index (χ1n) is 7.38. The normalized spacial score (nSPS) is 26.2. The van der Waals surface area contributed by atoms with Crippen molar-refractivity contribution in [2.45, 2.75) is 12.8 Å². The molecule has 0 radical (unpaired) electrons. The van der Waals surface area contributed by atoms with Gasteiger partial charge in [-0.25, -0.2) is 0 Å². The molecule has 2 aliphatic rings. The third-order valence-electron chi connectivity index (χ3n) is 4.04. The molecule has 1 amide bonds. The lowest BCUT2D eigenvalue weighted by Crippen LogP contribution is -2.38. The highest BCUT2D eigenvalue weighted by Gasteiger charge is 2.24. The maximum atomic E-state index is 12.1. The molecule has 2 rings (SSSR count). The van der Waals surface area contributed by atoms with Crippen molar-refractivity contribution in [3.63, 3.8) is 0 Å². The Hall–Kier alpha value is -0.650. The summed E-state index contributed by atoms with van der Waals surface area (Å²) in [6.45, 7) is 7.49. The fourth-order valence-corrected chi connectivity index (χ4v) is 2.74. The van der Waals surface area contributed by atoms with E-state index in [1.807, 2.05) is 4.90 Å². The van der Waals surface area contributed by atoms with Gasteiger partial charge in [0.1, 0.15) is 0 Å². The van der Waals surface area contributed by atoms with E-state index in [1.54, 1.807) is 0 Å². The smallest absolute Gasteiger partial charge is 0.223 e. The standard InChI is InChI=1S/C14H27N3O2/c1-15(2)6-8-17-9-7-16(5-3-14(17)18)11-13-4-10-19-12-13/h13H,3-12H2,1-2H3/t13-/m1/s1. The summed E-state index contributed by atoms with van der Waals surface area (Å²) in [4.78, 5) is 18.7. The van der Waals surface area contributed by atoms with Crippen molar-refractivity contribution < 1.29 is 9.53 Å². The molecule has 110 valence electrons. The highest BCUT2D eigenvalue weighted by Crippen LogP contribution is 2.15. The van der Waals surface area contributed by atoms with Crippen molar-refractivity contribution in [1.29, 1.82) is 0 Å². The average molecular weight is 269 g/mol. The van der Waals surface area contributed by atoms with Crippen molar-refractivity contribution >= 4 is 5.91 Å². The third kappa shape index (κ3) is 4.75. The minimum Gasteiger partial charge on any atom is -0.381 e. The van der Waals surface area contributed by atoms with Crippen molar-refractivity contribution in [3.05, 3.63) is 0 Å². The summed E-state index contributed by atoms with van der Waals surface area (Å²) in [5.74, 6) is 0.982. The van der Waals surface area contributed by atoms with E-state index in [4.69, 9.17) is 4.74 Å². The van der Waals surface area contributed by atoms with Crippen LogP contribution in [0.2, 0.25) is 0 Å². The number of likely N-dealkylation sites (N-methyl/N-ethyl adjacent to an activating group) is 1. The summed E-state index contributed by atoms with van der Waals surface area (Å²) >= 11 is 0. The molecule has 0 spiro atoms. The van der Waals surface area contributed by atoms with E-state index < -0.39 is 0 Å². The van der Waals surface area contributed by atoms with Gasteiger partial charge in [0.2, 0.25) is 5.91 Å². The number of hydrogen-bond donors (Lipinski definition) is 0. The topological polar surface area (TPSA) is 36.0 Å². The van der Waals surface area contributed by atoms with Crippen LogP contribution < -0.4 is 0 Å². The zero-order chi connectivity index (χ0) is 13.7. The van der Waals surface area contributed by atoms with Crippen molar-refractivity contribution in [2.75, 3.05) is 66.6 Å². The number of hydrogen-bond acceptors (Lipinski definition) is 4. The lowest BCUT2D eigenvalue weighted by atomic mass is 10.1. The molecule has 5 nitrogen and oxygen atoms in total. The second kappa shape index (κ2) is 7.22. The summed E-state index contributed by atoms with van der Waals surface area (Å²) in [7, 11) is 4.10. The quantitative estimate of drug-likeness (QED) is 0.710. The Balaban J connectivity index is 1.77. The summed E-state index contributed by atoms with van der Waals surface area (Å²) in [6.07, 6.45) is 1.84. The fraction of sp³-hybridized carbons (Fsp3) is 0.929. The number of carbonyl (C=O) groups excluding carboxylic acids is 1. The van der Waals surface area contributed by atoms with Crippen LogP contribution in [0, 0.1) is 5.92 Å². The molecule has 19 heavy (non-hydrogen) atoms. The third-order valence-corrected chi connectivity index (χ3v) is 4.04. The van der Waals surface area contributed by atoms with Crippen LogP contribution in [0.1, 0.15) is 12.8 Å². The van der Waals surface area contributed by atoms with Gasteiger partial charge in [0.05, 0.1) is 6.61 Å². The van der Waals surface area contributed by atoms with Crippen LogP contribution in [0.15, 0.2) is 0 Å². The number of rotatable bonds is 5. The van der Waals surface area contributed by atoms with Gasteiger partial charge in [-0.1, -0.05) is 0 Å². The van der Waals surface area contributed by atoms with E-state index in [0.717, 1.165) is 52.5 Å². The zero-order valence-electron chi connectivity index (χ0n) is 12.3. The van der Waals surface area contributed by atoms with E-state index >= 15 is 0 Å². The molecule has 0 bridgehead atoms. The molecular weight excluding hydrogens is 242 g/mol. The molecule has 5 heteroatoms. The summed E-state index contributed by atoms with van der Waals surface area (Å²) in [6, 6.07) is 0. The van der Waals surface area contributed by atoms with Gasteiger partial charge < -0.3 is 19.4 Å². The predicted molar refractivity (Wildman–Crippen MR) is 75.1 cm³/mol. The van der Waals surface area contributed by atoms with Gasteiger partial charge in [-0.2, -0.15) is 0 Å². The highest BCUT2D eigenvalue weighted by molar-refractivity contribution is 5.76. The van der Waals surface area contributed by atoms with E-state index in [-0.39, 0.29) is 0 Å².